The Morgan fingerprint density at radius 1 is 1.40 bits per heavy atom. The summed E-state index contributed by atoms with van der Waals surface area (Å²) in [6.07, 6.45) is 1.60. The van der Waals surface area contributed by atoms with Crippen LogP contribution in [0.4, 0.5) is 0 Å². The lowest BCUT2D eigenvalue weighted by Crippen LogP contribution is -2.26. The second kappa shape index (κ2) is 5.54. The number of rotatable bonds is 4. The minimum atomic E-state index is -3.96. The summed E-state index contributed by atoms with van der Waals surface area (Å²) in [6.45, 7) is 0. The normalized spacial score (nSPS) is 12.4. The van der Waals surface area contributed by atoms with Gasteiger partial charge in [-0.3, -0.25) is 0 Å². The third-order valence-electron chi connectivity index (χ3n) is 2.44. The van der Waals surface area contributed by atoms with Crippen molar-refractivity contribution in [3.8, 4) is 10.6 Å². The molecule has 1 aromatic heterocycles. The van der Waals surface area contributed by atoms with Crippen LogP contribution in [0.3, 0.4) is 0 Å². The molecule has 2 rings (SSSR count). The third kappa shape index (κ3) is 2.77. The molecule has 0 bridgehead atoms. The molecule has 0 fully saturated rings. The smallest absolute Gasteiger partial charge is 0.238 e. The zero-order valence-corrected chi connectivity index (χ0v) is 11.8. The Kier molecular flexibility index (Phi) is 3.99. The van der Waals surface area contributed by atoms with E-state index in [0.717, 1.165) is 0 Å². The highest BCUT2D eigenvalue weighted by Crippen LogP contribution is 2.29. The molecule has 1 aromatic carbocycles. The number of aromatic nitrogens is 1. The fraction of sp³-hybridized carbons (Fsp3) is 0. The molecule has 0 aliphatic carbocycles. The second-order valence-corrected chi connectivity index (χ2v) is 6.11. The number of benzene rings is 1. The van der Waals surface area contributed by atoms with Crippen LogP contribution in [0.15, 0.2) is 39.8 Å². The summed E-state index contributed by atoms with van der Waals surface area (Å²) in [5, 5.41) is 11.2. The summed E-state index contributed by atoms with van der Waals surface area (Å²) in [5.74, 6) is 4.99. The molecule has 0 saturated carbocycles. The first-order valence-electron chi connectivity index (χ1n) is 5.30. The molecule has 1 heterocycles. The van der Waals surface area contributed by atoms with E-state index in [2.05, 4.69) is 10.1 Å². The van der Waals surface area contributed by atoms with Gasteiger partial charge >= 0.3 is 0 Å². The number of nitrogens with two attached hydrogens (primary N) is 3. The number of sulfonamides is 1. The SMILES string of the molecule is NN/N=C(\N)c1c(-c2nccs2)cccc1S(N)(=O)=O. The third-order valence-corrected chi connectivity index (χ3v) is 4.20. The second-order valence-electron chi connectivity index (χ2n) is 3.69. The first kappa shape index (κ1) is 14.4. The van der Waals surface area contributed by atoms with Crippen molar-refractivity contribution < 1.29 is 8.42 Å². The molecule has 7 N–H and O–H groups in total. The zero-order valence-electron chi connectivity index (χ0n) is 10.1. The number of primary sulfonamides is 1. The molecule has 0 atom stereocenters. The van der Waals surface area contributed by atoms with Crippen LogP contribution in [0.1, 0.15) is 5.56 Å². The number of thiazole rings is 1. The van der Waals surface area contributed by atoms with Gasteiger partial charge in [0.1, 0.15) is 5.01 Å². The number of nitrogens with one attached hydrogen (secondary N) is 1. The van der Waals surface area contributed by atoms with Crippen molar-refractivity contribution in [3.05, 3.63) is 35.3 Å². The van der Waals surface area contributed by atoms with Crippen molar-refractivity contribution in [3.63, 3.8) is 0 Å². The topological polar surface area (TPSA) is 149 Å². The fourth-order valence-electron chi connectivity index (χ4n) is 1.69. The largest absolute Gasteiger partial charge is 0.382 e. The van der Waals surface area contributed by atoms with E-state index in [4.69, 9.17) is 16.7 Å². The van der Waals surface area contributed by atoms with Crippen LogP contribution in [0.5, 0.6) is 0 Å². The van der Waals surface area contributed by atoms with Crippen molar-refractivity contribution in [1.82, 2.24) is 10.5 Å². The maximum atomic E-state index is 11.7. The molecule has 20 heavy (non-hydrogen) atoms. The maximum Gasteiger partial charge on any atom is 0.238 e. The highest BCUT2D eigenvalue weighted by atomic mass is 32.2. The lowest BCUT2D eigenvalue weighted by atomic mass is 10.1. The van der Waals surface area contributed by atoms with E-state index in [0.29, 0.717) is 10.6 Å². The Morgan fingerprint density at radius 2 is 2.15 bits per heavy atom. The van der Waals surface area contributed by atoms with Crippen LogP contribution in [-0.4, -0.2) is 19.2 Å². The van der Waals surface area contributed by atoms with Gasteiger partial charge in [0, 0.05) is 22.7 Å². The van der Waals surface area contributed by atoms with Gasteiger partial charge < -0.3 is 5.73 Å². The average molecular weight is 312 g/mol. The van der Waals surface area contributed by atoms with Crippen molar-refractivity contribution in [1.29, 1.82) is 0 Å². The molecule has 0 saturated heterocycles. The van der Waals surface area contributed by atoms with Crippen LogP contribution in [0.25, 0.3) is 10.6 Å². The summed E-state index contributed by atoms with van der Waals surface area (Å²) in [7, 11) is -3.96. The van der Waals surface area contributed by atoms with Crippen LogP contribution in [-0.2, 0) is 10.0 Å². The molecule has 0 aliphatic rings. The van der Waals surface area contributed by atoms with E-state index in [1.807, 2.05) is 5.53 Å². The number of hydrazone groups is 1. The van der Waals surface area contributed by atoms with Gasteiger partial charge in [-0.05, 0) is 6.07 Å². The number of hydrogen-bond acceptors (Lipinski definition) is 7. The Labute approximate surface area is 119 Å². The Balaban J connectivity index is 2.80. The number of hydrazine groups is 1. The number of hydrogen-bond donors (Lipinski definition) is 4. The molecule has 106 valence electrons. The van der Waals surface area contributed by atoms with E-state index in [9.17, 15) is 8.42 Å². The van der Waals surface area contributed by atoms with E-state index >= 15 is 0 Å². The molecule has 0 radical (unpaired) electrons. The van der Waals surface area contributed by atoms with Gasteiger partial charge in [-0.1, -0.05) is 12.1 Å². The van der Waals surface area contributed by atoms with Crippen molar-refractivity contribution in [2.75, 3.05) is 0 Å². The molecule has 0 aliphatic heterocycles. The maximum absolute atomic E-state index is 11.7. The van der Waals surface area contributed by atoms with Gasteiger partial charge in [0.05, 0.1) is 4.90 Å². The molecular weight excluding hydrogens is 300 g/mol. The van der Waals surface area contributed by atoms with Gasteiger partial charge in [0.15, 0.2) is 5.84 Å². The first-order valence-corrected chi connectivity index (χ1v) is 7.72. The Hall–Kier alpha value is -2.01. The standard InChI is InChI=1S/C10H12N6O2S2/c11-9(15-16-12)8-6(10-14-4-5-19-10)2-1-3-7(8)20(13,17)18/h1-5,16H,12H2,(H2,11,15)(H2,13,17,18). The molecule has 10 heteroatoms. The highest BCUT2D eigenvalue weighted by Gasteiger charge is 2.21. The fourth-order valence-corrected chi connectivity index (χ4v) is 3.13. The summed E-state index contributed by atoms with van der Waals surface area (Å²) in [5.41, 5.74) is 8.49. The van der Waals surface area contributed by atoms with Crippen molar-refractivity contribution in [2.45, 2.75) is 4.90 Å². The summed E-state index contributed by atoms with van der Waals surface area (Å²) >= 11 is 1.34. The summed E-state index contributed by atoms with van der Waals surface area (Å²) < 4.78 is 23.4. The van der Waals surface area contributed by atoms with Crippen molar-refractivity contribution in [2.24, 2.45) is 21.8 Å². The van der Waals surface area contributed by atoms with Gasteiger partial charge in [-0.25, -0.2) is 29.9 Å². The molecule has 8 nitrogen and oxygen atoms in total. The van der Waals surface area contributed by atoms with Crippen molar-refractivity contribution >= 4 is 27.2 Å². The molecular formula is C10H12N6O2S2. The van der Waals surface area contributed by atoms with Gasteiger partial charge in [0.2, 0.25) is 10.0 Å². The van der Waals surface area contributed by atoms with Crippen LogP contribution >= 0.6 is 11.3 Å². The van der Waals surface area contributed by atoms with E-state index in [1.54, 1.807) is 23.7 Å². The average Bonchev–Trinajstić information content (AvgIpc) is 2.90. The minimum absolute atomic E-state index is 0.0951. The monoisotopic (exact) mass is 312 g/mol. The van der Waals surface area contributed by atoms with E-state index in [1.165, 1.54) is 17.4 Å². The summed E-state index contributed by atoms with van der Waals surface area (Å²) in [6, 6.07) is 4.59. The quantitative estimate of drug-likeness (QED) is 0.260. The van der Waals surface area contributed by atoms with Gasteiger partial charge in [-0.15, -0.1) is 16.4 Å². The molecule has 0 amide bonds. The Morgan fingerprint density at radius 3 is 2.70 bits per heavy atom. The number of amidine groups is 1. The Bertz CT molecular complexity index is 739. The first-order chi connectivity index (χ1) is 9.45. The van der Waals surface area contributed by atoms with E-state index in [-0.39, 0.29) is 16.3 Å². The zero-order chi connectivity index (χ0) is 14.8. The highest BCUT2D eigenvalue weighted by molar-refractivity contribution is 7.89. The predicted molar refractivity (Wildman–Crippen MR) is 77.0 cm³/mol. The van der Waals surface area contributed by atoms with E-state index < -0.39 is 10.0 Å². The molecule has 0 spiro atoms. The predicted octanol–water partition coefficient (Wildman–Crippen LogP) is -0.459. The van der Waals surface area contributed by atoms with Crippen LogP contribution < -0.4 is 22.3 Å². The lowest BCUT2D eigenvalue weighted by Gasteiger charge is -2.11. The minimum Gasteiger partial charge on any atom is -0.382 e. The van der Waals surface area contributed by atoms with Crippen LogP contribution in [0, 0.1) is 0 Å². The van der Waals surface area contributed by atoms with Crippen LogP contribution in [0.2, 0.25) is 0 Å². The van der Waals surface area contributed by atoms with Gasteiger partial charge in [0.25, 0.3) is 0 Å². The molecule has 2 aromatic rings. The lowest BCUT2D eigenvalue weighted by molar-refractivity contribution is 0.597. The van der Waals surface area contributed by atoms with Gasteiger partial charge in [-0.2, -0.15) is 0 Å². The summed E-state index contributed by atoms with van der Waals surface area (Å²) in [4.78, 5) is 4.00. The molecule has 0 unspecified atom stereocenters. The number of nitrogens with zero attached hydrogens (tertiary/aromatic N) is 2.